The summed E-state index contributed by atoms with van der Waals surface area (Å²) in [6, 6.07) is 23.9. The van der Waals surface area contributed by atoms with Gasteiger partial charge in [-0.1, -0.05) is 54.6 Å². The van der Waals surface area contributed by atoms with Crippen molar-refractivity contribution in [1.82, 2.24) is 15.0 Å². The summed E-state index contributed by atoms with van der Waals surface area (Å²) >= 11 is 0. The summed E-state index contributed by atoms with van der Waals surface area (Å²) in [6.07, 6.45) is -1.78. The fraction of sp³-hybridized carbons (Fsp3) is 0.103. The molecular formula is C29H23F3N4O4. The summed E-state index contributed by atoms with van der Waals surface area (Å²) in [5.74, 6) is -2.48. The number of hydrogen-bond donors (Lipinski definition) is 2. The zero-order chi connectivity index (χ0) is 28.9. The van der Waals surface area contributed by atoms with Crippen molar-refractivity contribution in [1.29, 1.82) is 0 Å². The third-order valence-corrected chi connectivity index (χ3v) is 5.96. The first-order valence-corrected chi connectivity index (χ1v) is 11.9. The third kappa shape index (κ3) is 6.16. The van der Waals surface area contributed by atoms with Crippen molar-refractivity contribution in [3.05, 3.63) is 101 Å². The number of aliphatic carboxylic acids is 1. The summed E-state index contributed by atoms with van der Waals surface area (Å²) in [7, 11) is 1.58. The Labute approximate surface area is 225 Å². The number of benzene rings is 2. The van der Waals surface area contributed by atoms with Gasteiger partial charge in [-0.15, -0.1) is 0 Å². The van der Waals surface area contributed by atoms with E-state index < -0.39 is 12.1 Å². The van der Waals surface area contributed by atoms with Crippen molar-refractivity contribution < 1.29 is 33.5 Å². The molecule has 8 nitrogen and oxygen atoms in total. The molecule has 3 aromatic heterocycles. The number of carbonyl (C=O) groups excluding carboxylic acids is 1. The molecule has 0 aliphatic heterocycles. The standard InChI is InChI=1S/C27H22N4O2.C2HF3O2/c1-33-24-12-11-20(15-29-24)23-16-30-27(32)22-13-21(18-5-3-2-4-6-18)25(31-26(22)23)19-9-7-17(14-28)8-10-19;3-2(4,5)1(6)7/h2-13,15-16H,14,28H2,1H3,(H,30,32);(H,6,7). The second-order valence-electron chi connectivity index (χ2n) is 8.50. The van der Waals surface area contributed by atoms with Crippen LogP contribution in [0.4, 0.5) is 13.2 Å². The molecule has 0 radical (unpaired) electrons. The molecule has 5 aromatic rings. The van der Waals surface area contributed by atoms with Gasteiger partial charge in [-0.25, -0.2) is 9.97 Å². The molecule has 2 aromatic carbocycles. The molecular weight excluding hydrogens is 525 g/mol. The predicted molar refractivity (Wildman–Crippen MR) is 141 cm³/mol. The number of aromatic nitrogens is 3. The van der Waals surface area contributed by atoms with Gasteiger partial charge in [-0.3, -0.25) is 4.79 Å². The summed E-state index contributed by atoms with van der Waals surface area (Å²) in [4.78, 5) is 33.9. The van der Waals surface area contributed by atoms with Crippen molar-refractivity contribution in [3.8, 4) is 39.4 Å². The molecule has 0 saturated carbocycles. The molecule has 5 rings (SSSR count). The molecule has 0 aliphatic carbocycles. The van der Waals surface area contributed by atoms with E-state index in [4.69, 9.17) is 19.6 Å². The molecule has 0 bridgehead atoms. The summed E-state index contributed by atoms with van der Waals surface area (Å²) < 4.78 is 36.7. The number of pyridine rings is 3. The minimum Gasteiger partial charge on any atom is -0.542 e. The van der Waals surface area contributed by atoms with E-state index in [2.05, 4.69) is 40.0 Å². The van der Waals surface area contributed by atoms with Gasteiger partial charge >= 0.3 is 6.18 Å². The molecule has 0 atom stereocenters. The fourth-order valence-corrected chi connectivity index (χ4v) is 3.94. The molecule has 40 heavy (non-hydrogen) atoms. The van der Waals surface area contributed by atoms with Gasteiger partial charge in [0.05, 0.1) is 30.3 Å². The molecule has 0 spiro atoms. The van der Waals surface area contributed by atoms with Crippen LogP contribution < -0.4 is 21.1 Å². The van der Waals surface area contributed by atoms with Crippen LogP contribution in [-0.2, 0) is 11.3 Å². The van der Waals surface area contributed by atoms with Crippen LogP contribution in [-0.4, -0.2) is 34.2 Å². The zero-order valence-corrected chi connectivity index (χ0v) is 21.2. The first-order valence-electron chi connectivity index (χ1n) is 11.9. The van der Waals surface area contributed by atoms with E-state index in [0.29, 0.717) is 16.8 Å². The lowest BCUT2D eigenvalue weighted by molar-refractivity contribution is -0.386. The molecule has 0 fully saturated rings. The minimum atomic E-state index is -5.19. The highest BCUT2D eigenvalue weighted by molar-refractivity contribution is 5.98. The van der Waals surface area contributed by atoms with Gasteiger partial charge in [-0.2, -0.15) is 13.2 Å². The van der Waals surface area contributed by atoms with E-state index in [1.54, 1.807) is 25.6 Å². The van der Waals surface area contributed by atoms with Crippen molar-refractivity contribution in [2.45, 2.75) is 12.7 Å². The van der Waals surface area contributed by atoms with Crippen LogP contribution in [0, 0.1) is 0 Å². The van der Waals surface area contributed by atoms with Gasteiger partial charge < -0.3 is 25.4 Å². The number of hydrogen-bond acceptors (Lipinski definition) is 6. The first kappa shape index (κ1) is 28.0. The molecule has 4 N–H and O–H groups in total. The van der Waals surface area contributed by atoms with E-state index >= 15 is 0 Å². The number of ether oxygens (including phenoxy) is 1. The van der Waals surface area contributed by atoms with Gasteiger partial charge in [0, 0.05) is 46.3 Å². The highest BCUT2D eigenvalue weighted by Crippen LogP contribution is 2.35. The Morgan fingerprint density at radius 1 is 0.975 bits per heavy atom. The van der Waals surface area contributed by atoms with E-state index in [9.17, 15) is 18.0 Å². The Morgan fingerprint density at radius 3 is 2.17 bits per heavy atom. The normalized spacial score (nSPS) is 11.0. The lowest BCUT2D eigenvalue weighted by Crippen LogP contribution is -2.47. The largest absolute Gasteiger partial charge is 0.542 e. The topological polar surface area (TPSA) is 136 Å². The summed E-state index contributed by atoms with van der Waals surface area (Å²) in [5.41, 5.74) is 10.9. The maximum absolute atomic E-state index is 12.8. The highest BCUT2D eigenvalue weighted by atomic mass is 19.4. The van der Waals surface area contributed by atoms with Gasteiger partial charge in [0.2, 0.25) is 5.88 Å². The summed E-state index contributed by atoms with van der Waals surface area (Å²) in [6.45, 7) is 0.723. The number of quaternary nitrogens is 1. The lowest BCUT2D eigenvalue weighted by atomic mass is 9.96. The number of H-pyrrole nitrogens is 1. The fourth-order valence-electron chi connectivity index (χ4n) is 3.94. The van der Waals surface area contributed by atoms with Crippen molar-refractivity contribution >= 4 is 16.9 Å². The maximum atomic E-state index is 12.8. The average molecular weight is 549 g/mol. The number of methoxy groups -OCH3 is 1. The Bertz CT molecular complexity index is 1690. The van der Waals surface area contributed by atoms with Gasteiger partial charge in [0.15, 0.2) is 0 Å². The van der Waals surface area contributed by atoms with Crippen molar-refractivity contribution in [2.75, 3.05) is 7.11 Å². The quantitative estimate of drug-likeness (QED) is 0.346. The Hall–Kier alpha value is -5.03. The number of halogens is 3. The Balaban J connectivity index is 0.000000470. The van der Waals surface area contributed by atoms with Gasteiger partial charge in [0.25, 0.3) is 5.56 Å². The smallest absolute Gasteiger partial charge is 0.430 e. The van der Waals surface area contributed by atoms with E-state index in [-0.39, 0.29) is 5.56 Å². The number of nitrogens with one attached hydrogen (secondary N) is 1. The van der Waals surface area contributed by atoms with E-state index in [1.807, 2.05) is 42.5 Å². The second kappa shape index (κ2) is 11.8. The van der Waals surface area contributed by atoms with Crippen LogP contribution in [0.25, 0.3) is 44.4 Å². The van der Waals surface area contributed by atoms with Crippen LogP contribution in [0.5, 0.6) is 5.88 Å². The van der Waals surface area contributed by atoms with Crippen molar-refractivity contribution in [2.24, 2.45) is 0 Å². The van der Waals surface area contributed by atoms with Gasteiger partial charge in [0.1, 0.15) is 5.97 Å². The highest BCUT2D eigenvalue weighted by Gasteiger charge is 2.28. The Morgan fingerprint density at radius 2 is 1.62 bits per heavy atom. The minimum absolute atomic E-state index is 0.182. The second-order valence-corrected chi connectivity index (χ2v) is 8.50. The van der Waals surface area contributed by atoms with E-state index in [1.165, 1.54) is 0 Å². The molecule has 0 aliphatic rings. The van der Waals surface area contributed by atoms with Crippen LogP contribution >= 0.6 is 0 Å². The number of aromatic amines is 1. The molecule has 0 unspecified atom stereocenters. The average Bonchev–Trinajstić information content (AvgIpc) is 2.97. The molecule has 204 valence electrons. The van der Waals surface area contributed by atoms with Crippen LogP contribution in [0.3, 0.4) is 0 Å². The number of fused-ring (bicyclic) bond motifs is 1. The number of rotatable bonds is 5. The maximum Gasteiger partial charge on any atom is 0.430 e. The van der Waals surface area contributed by atoms with Crippen LogP contribution in [0.15, 0.2) is 90.0 Å². The monoisotopic (exact) mass is 548 g/mol. The number of alkyl halides is 3. The van der Waals surface area contributed by atoms with Gasteiger partial charge in [-0.05, 0) is 17.7 Å². The Kier molecular flexibility index (Phi) is 8.25. The molecule has 0 saturated heterocycles. The predicted octanol–water partition coefficient (Wildman–Crippen LogP) is 3.37. The molecule has 11 heteroatoms. The molecule has 3 heterocycles. The number of nitrogens with zero attached hydrogens (tertiary/aromatic N) is 2. The number of carboxylic acids is 1. The number of carboxylic acid groups (broad SMARTS) is 1. The lowest BCUT2D eigenvalue weighted by Gasteiger charge is -2.14. The van der Waals surface area contributed by atoms with Crippen LogP contribution in [0.2, 0.25) is 0 Å². The molecule has 0 amide bonds. The van der Waals surface area contributed by atoms with E-state index in [0.717, 1.165) is 45.6 Å². The zero-order valence-electron chi connectivity index (χ0n) is 21.2. The third-order valence-electron chi connectivity index (χ3n) is 5.96. The van der Waals surface area contributed by atoms with Crippen LogP contribution in [0.1, 0.15) is 5.56 Å². The summed E-state index contributed by atoms with van der Waals surface area (Å²) in [5, 5.41) is 9.31. The number of carbonyl (C=O) groups is 1. The SMILES string of the molecule is COc1ccc(-c2c[nH]c(=O)c3cc(-c4ccccc4)c(-c4ccc(C[NH3+])cc4)nc23)cn1.O=C([O-])C(F)(F)F. The van der Waals surface area contributed by atoms with Crippen molar-refractivity contribution in [3.63, 3.8) is 0 Å². The first-order chi connectivity index (χ1) is 19.1.